The van der Waals surface area contributed by atoms with E-state index in [4.69, 9.17) is 4.74 Å². The summed E-state index contributed by atoms with van der Waals surface area (Å²) in [5, 5.41) is 3.16. The molecule has 1 saturated carbocycles. The number of carbonyl (C=O) groups excluding carboxylic acids is 1. The van der Waals surface area contributed by atoms with E-state index >= 15 is 0 Å². The number of rotatable bonds is 5. The molecule has 1 spiro atoms. The number of ether oxygens (including phenoxy) is 1. The van der Waals surface area contributed by atoms with Gasteiger partial charge in [-0.1, -0.05) is 46.1 Å². The van der Waals surface area contributed by atoms with Gasteiger partial charge in [0.25, 0.3) is 5.91 Å². The summed E-state index contributed by atoms with van der Waals surface area (Å²) in [6.45, 7) is 10.0. The first-order valence-electron chi connectivity index (χ1n) is 13.4. The van der Waals surface area contributed by atoms with Gasteiger partial charge in [-0.2, -0.15) is 0 Å². The number of piperidine rings is 1. The molecule has 1 saturated heterocycles. The minimum Gasteiger partial charge on any atom is -0.370 e. The Bertz CT molecular complexity index is 926. The van der Waals surface area contributed by atoms with E-state index in [0.29, 0.717) is 11.7 Å². The Morgan fingerprint density at radius 1 is 1.21 bits per heavy atom. The van der Waals surface area contributed by atoms with Gasteiger partial charge < -0.3 is 10.1 Å². The van der Waals surface area contributed by atoms with Crippen LogP contribution in [0.15, 0.2) is 24.4 Å². The Morgan fingerprint density at radius 2 is 1.97 bits per heavy atom. The van der Waals surface area contributed by atoms with Crippen LogP contribution in [0.5, 0.6) is 0 Å². The molecule has 2 aromatic rings. The van der Waals surface area contributed by atoms with Crippen LogP contribution in [0, 0.1) is 0 Å². The van der Waals surface area contributed by atoms with Gasteiger partial charge in [0.1, 0.15) is 5.69 Å². The molecule has 2 fully saturated rings. The summed E-state index contributed by atoms with van der Waals surface area (Å²) in [4.78, 5) is 22.5. The molecule has 2 aromatic heterocycles. The normalized spacial score (nSPS) is 20.3. The first kappa shape index (κ1) is 25.3. The maximum Gasteiger partial charge on any atom is 0.270 e. The van der Waals surface area contributed by atoms with Gasteiger partial charge in [0.15, 0.2) is 0 Å². The van der Waals surface area contributed by atoms with Crippen LogP contribution in [0.1, 0.15) is 97.1 Å². The summed E-state index contributed by atoms with van der Waals surface area (Å²) >= 11 is 1.99. The van der Waals surface area contributed by atoms with Crippen molar-refractivity contribution in [3.05, 3.63) is 51.0 Å². The predicted octanol–water partition coefficient (Wildman–Crippen LogP) is 5.86. The number of hydrogen-bond donors (Lipinski definition) is 1. The van der Waals surface area contributed by atoms with Crippen LogP contribution >= 0.6 is 11.3 Å². The second-order valence-corrected chi connectivity index (χ2v) is 10.9. The topological polar surface area (TPSA) is 54.5 Å². The third kappa shape index (κ3) is 5.72. The lowest BCUT2D eigenvalue weighted by molar-refractivity contribution is -0.0981. The van der Waals surface area contributed by atoms with Crippen molar-refractivity contribution in [3.63, 3.8) is 0 Å². The third-order valence-corrected chi connectivity index (χ3v) is 8.81. The number of aryl methyl sites for hydroxylation is 1. The molecule has 1 N–H and O–H groups in total. The fourth-order valence-corrected chi connectivity index (χ4v) is 6.73. The highest BCUT2D eigenvalue weighted by molar-refractivity contribution is 7.12. The number of hydrogen-bond acceptors (Lipinski definition) is 5. The largest absolute Gasteiger partial charge is 0.370 e. The van der Waals surface area contributed by atoms with Crippen molar-refractivity contribution in [2.75, 3.05) is 19.7 Å². The molecule has 0 aromatic carbocycles. The highest BCUT2D eigenvalue weighted by Gasteiger charge is 2.41. The van der Waals surface area contributed by atoms with Crippen LogP contribution in [-0.4, -0.2) is 41.5 Å². The summed E-state index contributed by atoms with van der Waals surface area (Å²) in [6, 6.07) is 6.68. The van der Waals surface area contributed by atoms with Crippen LogP contribution in [-0.2, 0) is 29.7 Å². The molecular formula is C28H41N3O2S. The minimum absolute atomic E-state index is 0.0316. The van der Waals surface area contributed by atoms with Gasteiger partial charge in [-0.05, 0) is 55.4 Å². The predicted molar refractivity (Wildman–Crippen MR) is 139 cm³/mol. The van der Waals surface area contributed by atoms with Crippen LogP contribution in [0.3, 0.4) is 0 Å². The molecule has 5 rings (SSSR count). The zero-order valence-corrected chi connectivity index (χ0v) is 22.0. The number of thiophene rings is 1. The van der Waals surface area contributed by atoms with Crippen molar-refractivity contribution in [2.24, 2.45) is 0 Å². The molecule has 2 aliphatic heterocycles. The van der Waals surface area contributed by atoms with E-state index < -0.39 is 0 Å². The molecule has 1 aliphatic carbocycles. The average Bonchev–Trinajstić information content (AvgIpc) is 3.33. The number of carbonyl (C=O) groups is 1. The Labute approximate surface area is 209 Å². The van der Waals surface area contributed by atoms with E-state index in [-0.39, 0.29) is 11.5 Å². The molecule has 0 radical (unpaired) electrons. The van der Waals surface area contributed by atoms with Crippen molar-refractivity contribution in [1.29, 1.82) is 0 Å². The SMILES string of the molecule is CC.CCc1cc2c(s1)CCOC21CCN(Cc2ccc(C(=O)NC3CCCCC3)nc2)CC1. The zero-order chi connectivity index (χ0) is 24.0. The van der Waals surface area contributed by atoms with E-state index in [9.17, 15) is 4.79 Å². The van der Waals surface area contributed by atoms with Gasteiger partial charge in [-0.3, -0.25) is 14.7 Å². The Balaban J connectivity index is 0.00000133. The summed E-state index contributed by atoms with van der Waals surface area (Å²) in [5.74, 6) is -0.0316. The van der Waals surface area contributed by atoms with Crippen molar-refractivity contribution < 1.29 is 9.53 Å². The number of aromatic nitrogens is 1. The van der Waals surface area contributed by atoms with Gasteiger partial charge in [0.2, 0.25) is 0 Å². The molecule has 186 valence electrons. The summed E-state index contributed by atoms with van der Waals surface area (Å²) < 4.78 is 6.42. The number of amides is 1. The molecular weight excluding hydrogens is 442 g/mol. The molecule has 34 heavy (non-hydrogen) atoms. The van der Waals surface area contributed by atoms with Gasteiger partial charge in [0, 0.05) is 48.0 Å². The Kier molecular flexibility index (Phi) is 8.78. The highest BCUT2D eigenvalue weighted by atomic mass is 32.1. The second-order valence-electron chi connectivity index (χ2n) is 9.63. The Morgan fingerprint density at radius 3 is 2.65 bits per heavy atom. The zero-order valence-electron chi connectivity index (χ0n) is 21.2. The second kappa shape index (κ2) is 11.8. The average molecular weight is 484 g/mol. The molecule has 0 atom stereocenters. The Hall–Kier alpha value is -1.76. The number of likely N-dealkylation sites (tertiary alicyclic amines) is 1. The quantitative estimate of drug-likeness (QED) is 0.579. The molecule has 6 heteroatoms. The van der Waals surface area contributed by atoms with Gasteiger partial charge in [-0.25, -0.2) is 0 Å². The van der Waals surface area contributed by atoms with Crippen LogP contribution in [0.4, 0.5) is 0 Å². The first-order valence-corrected chi connectivity index (χ1v) is 14.2. The van der Waals surface area contributed by atoms with E-state index in [2.05, 4.69) is 34.3 Å². The smallest absolute Gasteiger partial charge is 0.270 e. The lowest BCUT2D eigenvalue weighted by Gasteiger charge is -2.44. The van der Waals surface area contributed by atoms with Crippen molar-refractivity contribution in [2.45, 2.75) is 96.7 Å². The maximum atomic E-state index is 12.5. The fraction of sp³-hybridized carbons (Fsp3) is 0.643. The van der Waals surface area contributed by atoms with Crippen LogP contribution in [0.25, 0.3) is 0 Å². The van der Waals surface area contributed by atoms with Gasteiger partial charge >= 0.3 is 0 Å². The van der Waals surface area contributed by atoms with Crippen molar-refractivity contribution in [3.8, 4) is 0 Å². The molecule has 0 bridgehead atoms. The van der Waals surface area contributed by atoms with Crippen LogP contribution < -0.4 is 5.32 Å². The first-order chi connectivity index (χ1) is 16.6. The van der Waals surface area contributed by atoms with E-state index in [0.717, 1.165) is 64.8 Å². The monoisotopic (exact) mass is 483 g/mol. The lowest BCUT2D eigenvalue weighted by atomic mass is 9.82. The lowest BCUT2D eigenvalue weighted by Crippen LogP contribution is -2.45. The number of nitrogens with one attached hydrogen (secondary N) is 1. The molecule has 0 unspecified atom stereocenters. The summed E-state index contributed by atoms with van der Waals surface area (Å²) in [5.41, 5.74) is 3.10. The number of pyridine rings is 1. The highest BCUT2D eigenvalue weighted by Crippen LogP contribution is 2.44. The number of nitrogens with zero attached hydrogens (tertiary/aromatic N) is 2. The van der Waals surface area contributed by atoms with Crippen molar-refractivity contribution in [1.82, 2.24) is 15.2 Å². The van der Waals surface area contributed by atoms with Crippen LogP contribution in [0.2, 0.25) is 0 Å². The van der Waals surface area contributed by atoms with Gasteiger partial charge in [0.05, 0.1) is 12.2 Å². The standard InChI is InChI=1S/C26H35N3O2S.C2H6/c1-2-21-16-22-24(32-21)10-15-31-26(22)11-13-29(14-12-26)18-19-8-9-23(27-17-19)25(30)28-20-6-4-3-5-7-20;1-2/h8-9,16-17,20H,2-7,10-15,18H2,1H3,(H,28,30);1-2H3. The molecule has 1 amide bonds. The molecule has 4 heterocycles. The fourth-order valence-electron chi connectivity index (χ4n) is 5.55. The van der Waals surface area contributed by atoms with Gasteiger partial charge in [-0.15, -0.1) is 11.3 Å². The van der Waals surface area contributed by atoms with E-state index in [1.807, 2.05) is 37.4 Å². The van der Waals surface area contributed by atoms with E-state index in [1.54, 1.807) is 4.88 Å². The molecule has 3 aliphatic rings. The number of fused-ring (bicyclic) bond motifs is 2. The van der Waals surface area contributed by atoms with E-state index in [1.165, 1.54) is 35.3 Å². The minimum atomic E-state index is -0.0761. The third-order valence-electron chi connectivity index (χ3n) is 7.47. The summed E-state index contributed by atoms with van der Waals surface area (Å²) in [6.07, 6.45) is 12.1. The van der Waals surface area contributed by atoms with Crippen molar-refractivity contribution >= 4 is 17.2 Å². The molecule has 5 nitrogen and oxygen atoms in total. The summed E-state index contributed by atoms with van der Waals surface area (Å²) in [7, 11) is 0. The maximum absolute atomic E-state index is 12.5.